The normalized spacial score (nSPS) is 10.1. The van der Waals surface area contributed by atoms with Crippen molar-refractivity contribution in [3.63, 3.8) is 0 Å². The molecule has 0 saturated heterocycles. The van der Waals surface area contributed by atoms with Crippen molar-refractivity contribution in [2.24, 2.45) is 0 Å². The molecular weight excluding hydrogens is 324 g/mol. The van der Waals surface area contributed by atoms with Crippen molar-refractivity contribution in [1.29, 1.82) is 0 Å². The van der Waals surface area contributed by atoms with E-state index in [0.29, 0.717) is 0 Å². The average molecular weight is 343 g/mol. The molecule has 18 heavy (non-hydrogen) atoms. The van der Waals surface area contributed by atoms with Crippen LogP contribution < -0.4 is 10.6 Å². The van der Waals surface area contributed by atoms with Crippen LogP contribution in [0.5, 0.6) is 0 Å². The van der Waals surface area contributed by atoms with Crippen LogP contribution in [0, 0.1) is 0 Å². The Bertz CT molecular complexity index is 388. The predicted molar refractivity (Wildman–Crippen MR) is 78.8 cm³/mol. The van der Waals surface area contributed by atoms with E-state index in [2.05, 4.69) is 67.6 Å². The maximum Gasteiger partial charge on any atom is 2.00 e. The summed E-state index contributed by atoms with van der Waals surface area (Å²) >= 11 is 0. The van der Waals surface area contributed by atoms with E-state index >= 15 is 0 Å². The van der Waals surface area contributed by atoms with Gasteiger partial charge < -0.3 is 0 Å². The van der Waals surface area contributed by atoms with E-state index in [1.165, 1.54) is 29.6 Å². The van der Waals surface area contributed by atoms with E-state index in [1.54, 1.807) is 0 Å². The molecule has 0 nitrogen and oxygen atoms in total. The molecule has 2 aromatic carbocycles. The fraction of sp³-hybridized carbons (Fsp3) is 0.250. The standard InChI is InChI=1S/C16H19P.Ru/c1-2-3-14-17(15-10-6-4-7-11-15)16-12-8-5-9-13-16;/h4-13H,2-3,14H2,1H3;/q;+2. The second kappa shape index (κ2) is 8.57. The van der Waals surface area contributed by atoms with E-state index in [9.17, 15) is 0 Å². The fourth-order valence-corrected chi connectivity index (χ4v) is 4.45. The molecule has 2 aromatic rings. The third kappa shape index (κ3) is 4.31. The van der Waals surface area contributed by atoms with Crippen molar-refractivity contribution < 1.29 is 19.5 Å². The maximum absolute atomic E-state index is 2.27. The predicted octanol–water partition coefficient (Wildman–Crippen LogP) is 3.92. The summed E-state index contributed by atoms with van der Waals surface area (Å²) in [4.78, 5) is 0. The van der Waals surface area contributed by atoms with Crippen LogP contribution in [-0.4, -0.2) is 6.16 Å². The van der Waals surface area contributed by atoms with Crippen LogP contribution >= 0.6 is 7.92 Å². The molecule has 0 unspecified atom stereocenters. The zero-order chi connectivity index (χ0) is 11.9. The number of hydrogen-bond donors (Lipinski definition) is 0. The van der Waals surface area contributed by atoms with Gasteiger partial charge in [0.05, 0.1) is 0 Å². The summed E-state index contributed by atoms with van der Waals surface area (Å²) in [7, 11) is -0.157. The van der Waals surface area contributed by atoms with Crippen LogP contribution in [0.25, 0.3) is 0 Å². The van der Waals surface area contributed by atoms with Crippen molar-refractivity contribution in [2.45, 2.75) is 19.8 Å². The van der Waals surface area contributed by atoms with Gasteiger partial charge in [-0.3, -0.25) is 0 Å². The fourth-order valence-electron chi connectivity index (χ4n) is 1.94. The average Bonchev–Trinajstić information content (AvgIpc) is 2.42. The van der Waals surface area contributed by atoms with Crippen LogP contribution in [0.1, 0.15) is 19.8 Å². The van der Waals surface area contributed by atoms with Crippen LogP contribution in [0.15, 0.2) is 60.7 Å². The van der Waals surface area contributed by atoms with Gasteiger partial charge in [-0.15, -0.1) is 0 Å². The Morgan fingerprint density at radius 3 is 1.61 bits per heavy atom. The number of unbranched alkanes of at least 4 members (excludes halogenated alkanes) is 1. The third-order valence-electron chi connectivity index (χ3n) is 2.87. The maximum atomic E-state index is 2.27. The Balaban J connectivity index is 0.00000162. The minimum absolute atomic E-state index is 0. The Morgan fingerprint density at radius 1 is 0.778 bits per heavy atom. The molecule has 0 saturated carbocycles. The number of rotatable bonds is 5. The van der Waals surface area contributed by atoms with Gasteiger partial charge in [0, 0.05) is 0 Å². The summed E-state index contributed by atoms with van der Waals surface area (Å²) in [5, 5.41) is 3.00. The molecule has 0 bridgehead atoms. The van der Waals surface area contributed by atoms with E-state index in [4.69, 9.17) is 0 Å². The number of benzene rings is 2. The molecule has 0 fully saturated rings. The Kier molecular flexibility index (Phi) is 7.40. The molecule has 0 heterocycles. The quantitative estimate of drug-likeness (QED) is 0.570. The van der Waals surface area contributed by atoms with Crippen molar-refractivity contribution >= 4 is 18.5 Å². The summed E-state index contributed by atoms with van der Waals surface area (Å²) < 4.78 is 0. The first kappa shape index (κ1) is 15.6. The Morgan fingerprint density at radius 2 is 1.22 bits per heavy atom. The Hall–Kier alpha value is -0.507. The largest absolute Gasteiger partial charge is 2.00 e. The van der Waals surface area contributed by atoms with E-state index in [1.807, 2.05) is 0 Å². The second-order valence-corrected chi connectivity index (χ2v) is 6.51. The molecule has 2 rings (SSSR count). The molecule has 0 aliphatic carbocycles. The van der Waals surface area contributed by atoms with Crippen LogP contribution in [0.4, 0.5) is 0 Å². The molecule has 0 aromatic heterocycles. The zero-order valence-corrected chi connectivity index (χ0v) is 13.3. The first-order valence-corrected chi connectivity index (χ1v) is 7.82. The smallest absolute Gasteiger partial charge is 0.0654 e. The summed E-state index contributed by atoms with van der Waals surface area (Å²) in [6.45, 7) is 2.27. The minimum Gasteiger partial charge on any atom is -0.0654 e. The second-order valence-electron chi connectivity index (χ2n) is 4.18. The van der Waals surface area contributed by atoms with E-state index < -0.39 is 0 Å². The van der Waals surface area contributed by atoms with Gasteiger partial charge in [0.15, 0.2) is 0 Å². The van der Waals surface area contributed by atoms with Gasteiger partial charge in [0.1, 0.15) is 0 Å². The van der Waals surface area contributed by atoms with Gasteiger partial charge >= 0.3 is 19.5 Å². The van der Waals surface area contributed by atoms with Gasteiger partial charge in [0.25, 0.3) is 0 Å². The SMILES string of the molecule is CCCCP(c1ccccc1)c1ccccc1.[Ru+2]. The van der Waals surface area contributed by atoms with Crippen molar-refractivity contribution in [2.75, 3.05) is 6.16 Å². The van der Waals surface area contributed by atoms with Gasteiger partial charge in [0.2, 0.25) is 0 Å². The molecule has 0 atom stereocenters. The van der Waals surface area contributed by atoms with E-state index in [-0.39, 0.29) is 27.4 Å². The first-order valence-electron chi connectivity index (χ1n) is 6.29. The molecular formula is C16H19PRu+2. The summed E-state index contributed by atoms with van der Waals surface area (Å²) in [5.74, 6) is 0. The van der Waals surface area contributed by atoms with Crippen molar-refractivity contribution in [3.05, 3.63) is 60.7 Å². The molecule has 0 aliphatic rings. The van der Waals surface area contributed by atoms with Crippen molar-refractivity contribution in [3.8, 4) is 0 Å². The number of hydrogen-bond acceptors (Lipinski definition) is 0. The minimum atomic E-state index is -0.157. The van der Waals surface area contributed by atoms with Crippen molar-refractivity contribution in [1.82, 2.24) is 0 Å². The van der Waals surface area contributed by atoms with Gasteiger partial charge in [-0.2, -0.15) is 0 Å². The monoisotopic (exact) mass is 344 g/mol. The molecule has 94 valence electrons. The summed E-state index contributed by atoms with van der Waals surface area (Å²) in [6, 6.07) is 21.9. The molecule has 0 spiro atoms. The third-order valence-corrected chi connectivity index (χ3v) is 5.48. The van der Waals surface area contributed by atoms with Gasteiger partial charge in [-0.05, 0) is 31.1 Å². The van der Waals surface area contributed by atoms with Crippen LogP contribution in [0.3, 0.4) is 0 Å². The molecule has 2 heteroatoms. The molecule has 0 N–H and O–H groups in total. The Labute approximate surface area is 124 Å². The summed E-state index contributed by atoms with van der Waals surface area (Å²) in [5.41, 5.74) is 0. The van der Waals surface area contributed by atoms with Gasteiger partial charge in [-0.25, -0.2) is 0 Å². The first-order chi connectivity index (χ1) is 8.42. The molecule has 0 radical (unpaired) electrons. The van der Waals surface area contributed by atoms with Crippen LogP contribution in [-0.2, 0) is 19.5 Å². The molecule has 0 aliphatic heterocycles. The topological polar surface area (TPSA) is 0 Å². The summed E-state index contributed by atoms with van der Waals surface area (Å²) in [6.07, 6.45) is 3.90. The van der Waals surface area contributed by atoms with Crippen LogP contribution in [0.2, 0.25) is 0 Å². The molecule has 0 amide bonds. The van der Waals surface area contributed by atoms with E-state index in [0.717, 1.165) is 0 Å². The zero-order valence-electron chi connectivity index (χ0n) is 10.7. The van der Waals surface area contributed by atoms with Gasteiger partial charge in [-0.1, -0.05) is 74.0 Å².